The van der Waals surface area contributed by atoms with Crippen LogP contribution in [0.25, 0.3) is 0 Å². The molecule has 1 saturated heterocycles. The molecular formula is C12H17FN2O. The van der Waals surface area contributed by atoms with Crippen LogP contribution in [0.3, 0.4) is 0 Å². The molecule has 1 fully saturated rings. The lowest BCUT2D eigenvalue weighted by Crippen LogP contribution is -2.54. The first kappa shape index (κ1) is 11.4. The Hall–Kier alpha value is -1.13. The zero-order valence-electron chi connectivity index (χ0n) is 9.40. The second kappa shape index (κ2) is 4.80. The molecule has 16 heavy (non-hydrogen) atoms. The summed E-state index contributed by atoms with van der Waals surface area (Å²) in [5.74, 6) is -0.214. The van der Waals surface area contributed by atoms with Gasteiger partial charge in [-0.2, -0.15) is 0 Å². The van der Waals surface area contributed by atoms with E-state index in [-0.39, 0.29) is 11.9 Å². The Morgan fingerprint density at radius 3 is 2.50 bits per heavy atom. The monoisotopic (exact) mass is 224 g/mol. The highest BCUT2D eigenvalue weighted by Gasteiger charge is 2.29. The number of ether oxygens (including phenoxy) is 1. The molecule has 0 bridgehead atoms. The van der Waals surface area contributed by atoms with Crippen LogP contribution in [-0.4, -0.2) is 31.8 Å². The van der Waals surface area contributed by atoms with Gasteiger partial charge in [-0.05, 0) is 31.2 Å². The van der Waals surface area contributed by atoms with Crippen molar-refractivity contribution in [2.75, 3.05) is 24.7 Å². The minimum absolute atomic E-state index is 0.214. The van der Waals surface area contributed by atoms with Crippen LogP contribution in [0.15, 0.2) is 24.3 Å². The number of hydrogen-bond donors (Lipinski definition) is 1. The molecule has 0 saturated carbocycles. The smallest absolute Gasteiger partial charge is 0.123 e. The van der Waals surface area contributed by atoms with E-state index in [0.717, 1.165) is 18.9 Å². The second-order valence-electron chi connectivity index (χ2n) is 4.16. The second-order valence-corrected chi connectivity index (χ2v) is 4.16. The van der Waals surface area contributed by atoms with Gasteiger partial charge in [0.25, 0.3) is 0 Å². The van der Waals surface area contributed by atoms with E-state index in [2.05, 4.69) is 11.8 Å². The summed E-state index contributed by atoms with van der Waals surface area (Å²) in [6.45, 7) is 4.10. The van der Waals surface area contributed by atoms with Gasteiger partial charge in [0.2, 0.25) is 0 Å². The van der Waals surface area contributed by atoms with Crippen molar-refractivity contribution >= 4 is 5.69 Å². The van der Waals surface area contributed by atoms with Crippen molar-refractivity contribution in [1.82, 2.24) is 0 Å². The van der Waals surface area contributed by atoms with E-state index >= 15 is 0 Å². The van der Waals surface area contributed by atoms with Crippen LogP contribution < -0.4 is 10.6 Å². The summed E-state index contributed by atoms with van der Waals surface area (Å²) >= 11 is 0. The van der Waals surface area contributed by atoms with Crippen LogP contribution in [0, 0.1) is 5.82 Å². The Morgan fingerprint density at radius 2 is 2.06 bits per heavy atom. The van der Waals surface area contributed by atoms with Crippen molar-refractivity contribution in [3.05, 3.63) is 30.1 Å². The molecule has 1 aromatic rings. The Bertz CT molecular complexity index is 333. The lowest BCUT2D eigenvalue weighted by Gasteiger charge is -2.42. The topological polar surface area (TPSA) is 38.5 Å². The van der Waals surface area contributed by atoms with Crippen molar-refractivity contribution in [2.24, 2.45) is 5.73 Å². The van der Waals surface area contributed by atoms with Gasteiger partial charge in [0, 0.05) is 18.3 Å². The molecule has 0 radical (unpaired) electrons. The van der Waals surface area contributed by atoms with E-state index in [1.807, 2.05) is 0 Å². The molecule has 0 spiro atoms. The van der Waals surface area contributed by atoms with Crippen molar-refractivity contribution in [2.45, 2.75) is 19.0 Å². The van der Waals surface area contributed by atoms with Gasteiger partial charge >= 0.3 is 0 Å². The lowest BCUT2D eigenvalue weighted by atomic mass is 10.1. The van der Waals surface area contributed by atoms with E-state index in [9.17, 15) is 4.39 Å². The average Bonchev–Trinajstić information content (AvgIpc) is 2.24. The van der Waals surface area contributed by atoms with Gasteiger partial charge < -0.3 is 15.4 Å². The molecule has 0 aliphatic carbocycles. The van der Waals surface area contributed by atoms with Crippen LogP contribution in [0.2, 0.25) is 0 Å². The third-order valence-electron chi connectivity index (χ3n) is 2.95. The first-order valence-corrected chi connectivity index (χ1v) is 5.54. The number of anilines is 1. The van der Waals surface area contributed by atoms with Crippen LogP contribution in [0.1, 0.15) is 6.92 Å². The fraction of sp³-hybridized carbons (Fsp3) is 0.500. The number of benzene rings is 1. The molecule has 3 nitrogen and oxygen atoms in total. The highest BCUT2D eigenvalue weighted by molar-refractivity contribution is 5.49. The van der Waals surface area contributed by atoms with Crippen LogP contribution in [-0.2, 0) is 4.74 Å². The highest BCUT2D eigenvalue weighted by atomic mass is 19.1. The minimum atomic E-state index is -0.214. The van der Waals surface area contributed by atoms with Crippen LogP contribution >= 0.6 is 0 Å². The molecular weight excluding hydrogens is 207 g/mol. The predicted octanol–water partition coefficient (Wildman–Crippen LogP) is 1.38. The molecule has 1 atom stereocenters. The highest BCUT2D eigenvalue weighted by Crippen LogP contribution is 2.23. The fourth-order valence-electron chi connectivity index (χ4n) is 1.94. The summed E-state index contributed by atoms with van der Waals surface area (Å²) in [6, 6.07) is 7.14. The van der Waals surface area contributed by atoms with Crippen molar-refractivity contribution < 1.29 is 9.13 Å². The molecule has 1 aliphatic heterocycles. The zero-order chi connectivity index (χ0) is 11.5. The molecule has 2 N–H and O–H groups in total. The summed E-state index contributed by atoms with van der Waals surface area (Å²) in [5, 5.41) is 0. The number of nitrogens with two attached hydrogens (primary N) is 1. The van der Waals surface area contributed by atoms with Crippen LogP contribution in [0.5, 0.6) is 0 Å². The van der Waals surface area contributed by atoms with Crippen LogP contribution in [0.4, 0.5) is 10.1 Å². The molecule has 1 aromatic carbocycles. The van der Waals surface area contributed by atoms with Crippen molar-refractivity contribution in [3.8, 4) is 0 Å². The van der Waals surface area contributed by atoms with Gasteiger partial charge in [-0.1, -0.05) is 0 Å². The maximum atomic E-state index is 12.9. The first-order chi connectivity index (χ1) is 7.72. The van der Waals surface area contributed by atoms with Crippen molar-refractivity contribution in [3.63, 3.8) is 0 Å². The average molecular weight is 224 g/mol. The Balaban J connectivity index is 2.20. The SMILES string of the molecule is CC(CN)N(c1ccc(F)cc1)C1COC1. The molecule has 0 amide bonds. The third-order valence-corrected chi connectivity index (χ3v) is 2.95. The minimum Gasteiger partial charge on any atom is -0.377 e. The Kier molecular flexibility index (Phi) is 3.41. The lowest BCUT2D eigenvalue weighted by molar-refractivity contribution is 0.00551. The van der Waals surface area contributed by atoms with E-state index < -0.39 is 0 Å². The molecule has 1 aliphatic rings. The maximum absolute atomic E-state index is 12.9. The predicted molar refractivity (Wildman–Crippen MR) is 62.0 cm³/mol. The largest absolute Gasteiger partial charge is 0.377 e. The van der Waals surface area contributed by atoms with E-state index in [1.54, 1.807) is 12.1 Å². The van der Waals surface area contributed by atoms with Gasteiger partial charge in [0.1, 0.15) is 5.82 Å². The molecule has 4 heteroatoms. The van der Waals surface area contributed by atoms with Gasteiger partial charge in [-0.3, -0.25) is 0 Å². The van der Waals surface area contributed by atoms with Gasteiger partial charge in [-0.25, -0.2) is 4.39 Å². The quantitative estimate of drug-likeness (QED) is 0.839. The summed E-state index contributed by atoms with van der Waals surface area (Å²) in [5.41, 5.74) is 6.71. The number of halogens is 1. The number of hydrogen-bond acceptors (Lipinski definition) is 3. The van der Waals surface area contributed by atoms with Crippen molar-refractivity contribution in [1.29, 1.82) is 0 Å². The summed E-state index contributed by atoms with van der Waals surface area (Å²) in [4.78, 5) is 2.21. The normalized spacial score (nSPS) is 17.9. The number of rotatable bonds is 4. The fourth-order valence-corrected chi connectivity index (χ4v) is 1.94. The van der Waals surface area contributed by atoms with E-state index in [1.165, 1.54) is 12.1 Å². The summed E-state index contributed by atoms with van der Waals surface area (Å²) in [6.07, 6.45) is 0. The number of nitrogens with zero attached hydrogens (tertiary/aromatic N) is 1. The molecule has 1 unspecified atom stereocenters. The van der Waals surface area contributed by atoms with E-state index in [4.69, 9.17) is 10.5 Å². The Morgan fingerprint density at radius 1 is 1.44 bits per heavy atom. The molecule has 1 heterocycles. The third kappa shape index (κ3) is 2.18. The van der Waals surface area contributed by atoms with Gasteiger partial charge in [0.05, 0.1) is 19.3 Å². The Labute approximate surface area is 95.0 Å². The maximum Gasteiger partial charge on any atom is 0.123 e. The molecule has 0 aromatic heterocycles. The van der Waals surface area contributed by atoms with Gasteiger partial charge in [-0.15, -0.1) is 0 Å². The molecule has 88 valence electrons. The first-order valence-electron chi connectivity index (χ1n) is 5.54. The zero-order valence-corrected chi connectivity index (χ0v) is 9.40. The molecule has 2 rings (SSSR count). The summed E-state index contributed by atoms with van der Waals surface area (Å²) in [7, 11) is 0. The van der Waals surface area contributed by atoms with E-state index in [0.29, 0.717) is 12.6 Å². The standard InChI is InChI=1S/C12H17FN2O/c1-9(6-14)15(12-7-16-8-12)11-4-2-10(13)3-5-11/h2-5,9,12H,6-8,14H2,1H3. The van der Waals surface area contributed by atoms with Gasteiger partial charge in [0.15, 0.2) is 0 Å². The summed E-state index contributed by atoms with van der Waals surface area (Å²) < 4.78 is 18.1.